The molecular formula is C17H25N3O2. The summed E-state index contributed by atoms with van der Waals surface area (Å²) in [5.74, 6) is 0.716. The summed E-state index contributed by atoms with van der Waals surface area (Å²) in [7, 11) is 0. The number of morpholine rings is 1. The van der Waals surface area contributed by atoms with Gasteiger partial charge in [0.2, 0.25) is 0 Å². The molecule has 4 heterocycles. The molecule has 0 bridgehead atoms. The van der Waals surface area contributed by atoms with Gasteiger partial charge >= 0.3 is 0 Å². The van der Waals surface area contributed by atoms with E-state index in [2.05, 4.69) is 26.9 Å². The van der Waals surface area contributed by atoms with E-state index >= 15 is 0 Å². The Morgan fingerprint density at radius 3 is 2.91 bits per heavy atom. The van der Waals surface area contributed by atoms with Crippen LogP contribution in [0, 0.1) is 5.92 Å². The second-order valence-corrected chi connectivity index (χ2v) is 6.75. The Hall–Kier alpha value is -1.01. The fourth-order valence-corrected chi connectivity index (χ4v) is 3.99. The largest absolute Gasteiger partial charge is 0.381 e. The van der Waals surface area contributed by atoms with Crippen LogP contribution >= 0.6 is 0 Å². The van der Waals surface area contributed by atoms with E-state index in [4.69, 9.17) is 9.47 Å². The maximum Gasteiger partial charge on any atom is 0.0870 e. The molecule has 0 saturated carbocycles. The Labute approximate surface area is 132 Å². The van der Waals surface area contributed by atoms with Crippen molar-refractivity contribution in [1.82, 2.24) is 14.8 Å². The zero-order chi connectivity index (χ0) is 14.8. The van der Waals surface area contributed by atoms with Gasteiger partial charge in [0.05, 0.1) is 25.4 Å². The van der Waals surface area contributed by atoms with Gasteiger partial charge in [0.25, 0.3) is 0 Å². The van der Waals surface area contributed by atoms with Crippen molar-refractivity contribution < 1.29 is 9.47 Å². The lowest BCUT2D eigenvalue weighted by Gasteiger charge is -2.37. The molecule has 5 heteroatoms. The zero-order valence-corrected chi connectivity index (χ0v) is 13.1. The second-order valence-electron chi connectivity index (χ2n) is 6.75. The van der Waals surface area contributed by atoms with Crippen molar-refractivity contribution in [2.75, 3.05) is 46.0 Å². The molecule has 0 radical (unpaired) electrons. The molecule has 0 aromatic carbocycles. The minimum atomic E-state index is 0.373. The molecule has 5 nitrogen and oxygen atoms in total. The monoisotopic (exact) mass is 303 g/mol. The third-order valence-corrected chi connectivity index (χ3v) is 5.17. The van der Waals surface area contributed by atoms with E-state index < -0.39 is 0 Å². The molecule has 3 fully saturated rings. The summed E-state index contributed by atoms with van der Waals surface area (Å²) in [6.45, 7) is 8.15. The van der Waals surface area contributed by atoms with Crippen LogP contribution < -0.4 is 0 Å². The summed E-state index contributed by atoms with van der Waals surface area (Å²) in [5.41, 5.74) is 1.35. The highest BCUT2D eigenvalue weighted by Gasteiger charge is 2.40. The number of hydrogen-bond acceptors (Lipinski definition) is 5. The highest BCUT2D eigenvalue weighted by molar-refractivity contribution is 5.10. The third kappa shape index (κ3) is 3.18. The molecule has 3 aliphatic heterocycles. The molecule has 4 rings (SSSR count). The van der Waals surface area contributed by atoms with Crippen molar-refractivity contribution in [3.05, 3.63) is 30.1 Å². The van der Waals surface area contributed by atoms with Crippen LogP contribution in [0.25, 0.3) is 0 Å². The summed E-state index contributed by atoms with van der Waals surface area (Å²) in [4.78, 5) is 9.29. The first-order valence-corrected chi connectivity index (χ1v) is 8.43. The number of hydrogen-bond donors (Lipinski definition) is 0. The number of rotatable bonds is 4. The summed E-state index contributed by atoms with van der Waals surface area (Å²) in [5, 5.41) is 0. The Morgan fingerprint density at radius 2 is 2.09 bits per heavy atom. The van der Waals surface area contributed by atoms with Crippen molar-refractivity contribution in [3.63, 3.8) is 0 Å². The van der Waals surface area contributed by atoms with Gasteiger partial charge < -0.3 is 9.47 Å². The van der Waals surface area contributed by atoms with E-state index in [-0.39, 0.29) is 0 Å². The quantitative estimate of drug-likeness (QED) is 0.830. The van der Waals surface area contributed by atoms with Gasteiger partial charge in [-0.2, -0.15) is 0 Å². The van der Waals surface area contributed by atoms with E-state index in [1.165, 1.54) is 18.5 Å². The fraction of sp³-hybridized carbons (Fsp3) is 0.706. The number of pyridine rings is 1. The number of likely N-dealkylation sites (tertiary alicyclic amines) is 1. The van der Waals surface area contributed by atoms with Crippen LogP contribution in [0.2, 0.25) is 0 Å². The Morgan fingerprint density at radius 1 is 1.18 bits per heavy atom. The first-order valence-electron chi connectivity index (χ1n) is 8.43. The average Bonchev–Trinajstić information content (AvgIpc) is 3.18. The van der Waals surface area contributed by atoms with Crippen LogP contribution in [-0.2, 0) is 16.0 Å². The molecule has 0 N–H and O–H groups in total. The van der Waals surface area contributed by atoms with E-state index in [1.54, 1.807) is 0 Å². The number of fused-ring (bicyclic) bond motifs is 1. The molecule has 1 unspecified atom stereocenters. The van der Waals surface area contributed by atoms with Crippen molar-refractivity contribution in [2.24, 2.45) is 5.92 Å². The first-order chi connectivity index (χ1) is 10.9. The van der Waals surface area contributed by atoms with E-state index in [0.717, 1.165) is 46.0 Å². The fourth-order valence-electron chi connectivity index (χ4n) is 3.99. The van der Waals surface area contributed by atoms with Crippen LogP contribution in [0.15, 0.2) is 24.5 Å². The van der Waals surface area contributed by atoms with E-state index in [9.17, 15) is 0 Å². The number of aromatic nitrogens is 1. The van der Waals surface area contributed by atoms with Crippen molar-refractivity contribution in [2.45, 2.75) is 25.1 Å². The van der Waals surface area contributed by atoms with Crippen molar-refractivity contribution in [1.29, 1.82) is 0 Å². The molecule has 3 aliphatic rings. The molecule has 3 saturated heterocycles. The Kier molecular flexibility index (Phi) is 4.39. The van der Waals surface area contributed by atoms with Gasteiger partial charge in [0.1, 0.15) is 0 Å². The van der Waals surface area contributed by atoms with Crippen LogP contribution in [-0.4, -0.2) is 72.9 Å². The van der Waals surface area contributed by atoms with Gasteiger partial charge in [-0.3, -0.25) is 14.8 Å². The molecular weight excluding hydrogens is 278 g/mol. The van der Waals surface area contributed by atoms with Crippen LogP contribution in [0.4, 0.5) is 0 Å². The maximum absolute atomic E-state index is 6.04. The standard InChI is InChI=1S/C17H25N3O2/c1-4-18-5-2-14(1)10-20-6-8-22-17-12-19(11-16(17)20)9-15-3-7-21-13-15/h1-2,4-5,15-17H,3,6-13H2/t15?,16-,17+/m1/s1. The van der Waals surface area contributed by atoms with Crippen LogP contribution in [0.3, 0.4) is 0 Å². The smallest absolute Gasteiger partial charge is 0.0870 e. The third-order valence-electron chi connectivity index (χ3n) is 5.17. The average molecular weight is 303 g/mol. The van der Waals surface area contributed by atoms with Gasteiger partial charge in [-0.1, -0.05) is 0 Å². The Bertz CT molecular complexity index is 478. The van der Waals surface area contributed by atoms with Gasteiger partial charge in [0, 0.05) is 51.7 Å². The highest BCUT2D eigenvalue weighted by atomic mass is 16.5. The minimum Gasteiger partial charge on any atom is -0.381 e. The zero-order valence-electron chi connectivity index (χ0n) is 13.1. The molecule has 3 atom stereocenters. The molecule has 0 aliphatic carbocycles. The minimum absolute atomic E-state index is 0.373. The van der Waals surface area contributed by atoms with Gasteiger partial charge in [-0.15, -0.1) is 0 Å². The molecule has 1 aromatic rings. The summed E-state index contributed by atoms with van der Waals surface area (Å²) in [6.07, 6.45) is 5.36. The molecule has 22 heavy (non-hydrogen) atoms. The lowest BCUT2D eigenvalue weighted by Crippen LogP contribution is -2.50. The maximum atomic E-state index is 6.04. The predicted octanol–water partition coefficient (Wildman–Crippen LogP) is 1.00. The van der Waals surface area contributed by atoms with Crippen molar-refractivity contribution >= 4 is 0 Å². The summed E-state index contributed by atoms with van der Waals surface area (Å²) < 4.78 is 11.5. The SMILES string of the molecule is c1cc(CN2CCO[C@H]3CN(CC4CCOC4)C[C@H]32)ccn1. The van der Waals surface area contributed by atoms with E-state index in [1.807, 2.05) is 12.4 Å². The molecule has 0 spiro atoms. The Balaban J connectivity index is 1.38. The van der Waals surface area contributed by atoms with E-state index in [0.29, 0.717) is 18.1 Å². The topological polar surface area (TPSA) is 37.8 Å². The lowest BCUT2D eigenvalue weighted by atomic mass is 10.1. The second kappa shape index (κ2) is 6.62. The van der Waals surface area contributed by atoms with Crippen LogP contribution in [0.1, 0.15) is 12.0 Å². The molecule has 0 amide bonds. The number of ether oxygens (including phenoxy) is 2. The predicted molar refractivity (Wildman–Crippen MR) is 83.5 cm³/mol. The normalized spacial score (nSPS) is 33.2. The lowest BCUT2D eigenvalue weighted by molar-refractivity contribution is -0.0504. The summed E-state index contributed by atoms with van der Waals surface area (Å²) >= 11 is 0. The van der Waals surface area contributed by atoms with Crippen LogP contribution in [0.5, 0.6) is 0 Å². The van der Waals surface area contributed by atoms with Gasteiger partial charge in [-0.25, -0.2) is 0 Å². The van der Waals surface area contributed by atoms with Crippen molar-refractivity contribution in [3.8, 4) is 0 Å². The molecule has 1 aromatic heterocycles. The molecule has 120 valence electrons. The first kappa shape index (κ1) is 14.6. The summed E-state index contributed by atoms with van der Waals surface area (Å²) in [6, 6.07) is 4.77. The van der Waals surface area contributed by atoms with Gasteiger partial charge in [0.15, 0.2) is 0 Å². The van der Waals surface area contributed by atoms with Gasteiger partial charge in [-0.05, 0) is 30.0 Å². The highest BCUT2D eigenvalue weighted by Crippen LogP contribution is 2.26. The number of nitrogens with zero attached hydrogens (tertiary/aromatic N) is 3.